The average molecular weight is 872 g/mol. The first-order valence-corrected chi connectivity index (χ1v) is 21.3. The number of nitrogens with zero attached hydrogens (tertiary/aromatic N) is 2. The zero-order valence-corrected chi connectivity index (χ0v) is 34.6. The number of hydrogen-bond acceptors (Lipinski definition) is 10. The van der Waals surface area contributed by atoms with Crippen LogP contribution in [0.25, 0.3) is 10.8 Å². The number of amides is 4. The van der Waals surface area contributed by atoms with Crippen molar-refractivity contribution >= 4 is 44.6 Å². The molecule has 1 saturated heterocycles. The number of sulfonamides is 1. The van der Waals surface area contributed by atoms with Gasteiger partial charge in [0.15, 0.2) is 0 Å². The van der Waals surface area contributed by atoms with Gasteiger partial charge in [-0.3, -0.25) is 19.1 Å². The van der Waals surface area contributed by atoms with Crippen molar-refractivity contribution in [2.75, 3.05) is 13.2 Å². The first-order chi connectivity index (χ1) is 28.0. The molecule has 7 atom stereocenters. The minimum atomic E-state index is -4.95. The number of pyridine rings is 1. The van der Waals surface area contributed by atoms with Gasteiger partial charge in [-0.25, -0.2) is 27.0 Å². The van der Waals surface area contributed by atoms with Crippen LogP contribution in [-0.2, 0) is 29.1 Å². The Labute approximate surface area is 344 Å². The number of nitrogens with one attached hydrogen (secondary N) is 3. The van der Waals surface area contributed by atoms with Crippen LogP contribution in [0.15, 0.2) is 42.6 Å². The van der Waals surface area contributed by atoms with Crippen molar-refractivity contribution in [3.05, 3.63) is 42.6 Å². The van der Waals surface area contributed by atoms with Crippen molar-refractivity contribution in [2.45, 2.75) is 126 Å². The molecular formula is C40H50F5N5O9S. The predicted molar refractivity (Wildman–Crippen MR) is 206 cm³/mol. The van der Waals surface area contributed by atoms with E-state index in [9.17, 15) is 49.5 Å². The zero-order chi connectivity index (χ0) is 44.0. The van der Waals surface area contributed by atoms with E-state index in [1.165, 1.54) is 13.1 Å². The Morgan fingerprint density at radius 3 is 2.42 bits per heavy atom. The van der Waals surface area contributed by atoms with Gasteiger partial charge >= 0.3 is 12.3 Å². The van der Waals surface area contributed by atoms with Gasteiger partial charge in [-0.05, 0) is 77.2 Å². The Bertz CT molecular complexity index is 2130. The van der Waals surface area contributed by atoms with E-state index in [1.54, 1.807) is 37.3 Å². The maximum absolute atomic E-state index is 14.8. The van der Waals surface area contributed by atoms with E-state index >= 15 is 0 Å². The highest BCUT2D eigenvalue weighted by molar-refractivity contribution is 7.91. The summed E-state index contributed by atoms with van der Waals surface area (Å²) in [6.07, 6.45) is -3.49. The van der Waals surface area contributed by atoms with Gasteiger partial charge < -0.3 is 29.7 Å². The third-order valence-electron chi connectivity index (χ3n) is 11.9. The molecular weight excluding hydrogens is 822 g/mol. The summed E-state index contributed by atoms with van der Waals surface area (Å²) in [5, 5.41) is 5.82. The number of hydrogen-bond donors (Lipinski definition) is 3. The van der Waals surface area contributed by atoms with Crippen molar-refractivity contribution in [3.8, 4) is 11.6 Å². The number of halogens is 5. The first kappa shape index (κ1) is 44.8. The monoisotopic (exact) mass is 871 g/mol. The average Bonchev–Trinajstić information content (AvgIpc) is 4.04. The number of aromatic nitrogens is 1. The molecule has 1 aromatic heterocycles. The van der Waals surface area contributed by atoms with Crippen molar-refractivity contribution in [1.82, 2.24) is 25.2 Å². The highest BCUT2D eigenvalue weighted by atomic mass is 32.2. The SMILES string of the molecule is CC1CCC=CC2CC2(C(=O)NS(=O)(=O)C2(C)CC2)NC(=O)C2CC(Oc3ncc(OCC(F)F)c4ccccc34)CN2C(=O)C(NC(=O)OC(C)(C)C(F)(F)F)C(C)C1. The Kier molecular flexibility index (Phi) is 12.4. The van der Waals surface area contributed by atoms with Gasteiger partial charge in [-0.15, -0.1) is 0 Å². The fourth-order valence-corrected chi connectivity index (χ4v) is 9.02. The number of fused-ring (bicyclic) bond motifs is 3. The Balaban J connectivity index is 1.35. The van der Waals surface area contributed by atoms with Gasteiger partial charge in [0.2, 0.25) is 33.3 Å². The van der Waals surface area contributed by atoms with Crippen molar-refractivity contribution in [3.63, 3.8) is 0 Å². The number of carbonyl (C=O) groups is 4. The van der Waals surface area contributed by atoms with E-state index in [4.69, 9.17) is 14.2 Å². The number of carbonyl (C=O) groups excluding carboxylic acids is 4. The Hall–Kier alpha value is -4.75. The lowest BCUT2D eigenvalue weighted by Gasteiger charge is -2.34. The Morgan fingerprint density at radius 1 is 1.08 bits per heavy atom. The van der Waals surface area contributed by atoms with E-state index in [0.29, 0.717) is 56.7 Å². The van der Waals surface area contributed by atoms with Gasteiger partial charge in [0.1, 0.15) is 36.1 Å². The summed E-state index contributed by atoms with van der Waals surface area (Å²) in [5.41, 5.74) is -4.62. The predicted octanol–water partition coefficient (Wildman–Crippen LogP) is 5.55. The van der Waals surface area contributed by atoms with Crippen molar-refractivity contribution < 1.29 is 63.8 Å². The maximum Gasteiger partial charge on any atom is 0.427 e. The molecule has 4 aliphatic rings. The molecule has 3 fully saturated rings. The number of benzene rings is 1. The first-order valence-electron chi connectivity index (χ1n) is 19.8. The Morgan fingerprint density at radius 2 is 1.77 bits per heavy atom. The number of rotatable bonds is 10. The van der Waals surface area contributed by atoms with Gasteiger partial charge in [-0.2, -0.15) is 13.2 Å². The lowest BCUT2D eigenvalue weighted by Crippen LogP contribution is -2.59. The number of ether oxygens (including phenoxy) is 3. The highest BCUT2D eigenvalue weighted by Crippen LogP contribution is 2.48. The molecule has 330 valence electrons. The smallest absolute Gasteiger partial charge is 0.427 e. The van der Waals surface area contributed by atoms with Crippen LogP contribution >= 0.6 is 0 Å². The molecule has 3 N–H and O–H groups in total. The fraction of sp³-hybridized carbons (Fsp3) is 0.625. The molecule has 2 aromatic rings. The second-order valence-corrected chi connectivity index (χ2v) is 19.4. The molecule has 0 radical (unpaired) electrons. The van der Waals surface area contributed by atoms with E-state index in [2.05, 4.69) is 20.3 Å². The van der Waals surface area contributed by atoms with E-state index in [-0.39, 0.29) is 36.9 Å². The molecule has 2 aliphatic carbocycles. The summed E-state index contributed by atoms with van der Waals surface area (Å²) in [6.45, 7) is 5.18. The second kappa shape index (κ2) is 16.6. The van der Waals surface area contributed by atoms with Crippen LogP contribution in [0.4, 0.5) is 26.7 Å². The molecule has 2 aliphatic heterocycles. The minimum Gasteiger partial charge on any atom is -0.485 e. The second-order valence-electron chi connectivity index (χ2n) is 17.2. The molecule has 7 unspecified atom stereocenters. The molecule has 6 rings (SSSR count). The van der Waals surface area contributed by atoms with Crippen molar-refractivity contribution in [2.24, 2.45) is 17.8 Å². The van der Waals surface area contributed by atoms with E-state index in [1.807, 2.05) is 13.0 Å². The number of allylic oxidation sites excluding steroid dienone is 1. The lowest BCUT2D eigenvalue weighted by atomic mass is 9.88. The minimum absolute atomic E-state index is 0.00689. The summed E-state index contributed by atoms with van der Waals surface area (Å²) in [5.74, 6) is -3.94. The fourth-order valence-electron chi connectivity index (χ4n) is 7.70. The third kappa shape index (κ3) is 9.42. The normalized spacial score (nSPS) is 28.4. The summed E-state index contributed by atoms with van der Waals surface area (Å²) in [4.78, 5) is 61.7. The van der Waals surface area contributed by atoms with Crippen LogP contribution in [0.5, 0.6) is 11.6 Å². The largest absolute Gasteiger partial charge is 0.485 e. The number of alkyl halides is 5. The van der Waals surface area contributed by atoms with Crippen LogP contribution < -0.4 is 24.8 Å². The van der Waals surface area contributed by atoms with Gasteiger partial charge in [0, 0.05) is 23.1 Å². The van der Waals surface area contributed by atoms with Gasteiger partial charge in [0.25, 0.3) is 12.3 Å². The summed E-state index contributed by atoms with van der Waals surface area (Å²) in [6, 6.07) is 3.60. The highest BCUT2D eigenvalue weighted by Gasteiger charge is 2.63. The molecule has 3 heterocycles. The summed E-state index contributed by atoms with van der Waals surface area (Å²) >= 11 is 0. The topological polar surface area (TPSA) is 182 Å². The van der Waals surface area contributed by atoms with Crippen LogP contribution in [-0.4, -0.2) is 102 Å². The van der Waals surface area contributed by atoms with E-state index in [0.717, 1.165) is 4.90 Å². The molecule has 1 aromatic carbocycles. The zero-order valence-electron chi connectivity index (χ0n) is 33.8. The lowest BCUT2D eigenvalue weighted by molar-refractivity contribution is -0.244. The summed E-state index contributed by atoms with van der Waals surface area (Å²) in [7, 11) is -4.12. The van der Waals surface area contributed by atoms with Crippen LogP contribution in [0.3, 0.4) is 0 Å². The quantitative estimate of drug-likeness (QED) is 0.202. The van der Waals surface area contributed by atoms with E-state index < -0.39 is 99.0 Å². The van der Waals surface area contributed by atoms with Gasteiger partial charge in [-0.1, -0.05) is 44.2 Å². The maximum atomic E-state index is 14.8. The molecule has 60 heavy (non-hydrogen) atoms. The van der Waals surface area contributed by atoms with Crippen molar-refractivity contribution in [1.29, 1.82) is 0 Å². The standard InChI is InChI=1S/C40H50F5N5O9S/c1-22-10-6-7-11-24-18-39(24,35(53)49-60(55,56)38(5)14-15-38)48-32(51)28-17-25(58-33-27-13-9-8-12-26(27)29(19-46-33)57-21-30(41)42)20-50(28)34(52)31(23(2)16-22)47-36(54)59-37(3,4)40(43,44)45/h7-9,11-13,19,22-25,28,30-31H,6,10,14-18,20-21H2,1-5H3,(H,47,54)(H,48,51)(H,49,53). The molecule has 0 bridgehead atoms. The third-order valence-corrected chi connectivity index (χ3v) is 14.1. The number of alkyl carbamates (subject to hydrolysis) is 1. The molecule has 4 amide bonds. The van der Waals surface area contributed by atoms with Crippen LogP contribution in [0.2, 0.25) is 0 Å². The molecule has 0 spiro atoms. The molecule has 20 heteroatoms. The summed E-state index contributed by atoms with van der Waals surface area (Å²) < 4.78 is 111. The molecule has 2 saturated carbocycles. The van der Waals surface area contributed by atoms with Crippen LogP contribution in [0.1, 0.15) is 79.6 Å². The van der Waals surface area contributed by atoms with Gasteiger partial charge in [0.05, 0.1) is 17.5 Å². The van der Waals surface area contributed by atoms with Crippen LogP contribution in [0, 0.1) is 17.8 Å². The molecule has 14 nitrogen and oxygen atoms in total.